The minimum absolute atomic E-state index is 0.220. The third kappa shape index (κ3) is 3.58. The number of carbonyl (C=O) groups excluding carboxylic acids is 1. The first-order chi connectivity index (χ1) is 10.2. The summed E-state index contributed by atoms with van der Waals surface area (Å²) in [6.45, 7) is 3.21. The molecule has 3 heteroatoms. The van der Waals surface area contributed by atoms with Gasteiger partial charge in [-0.15, -0.1) is 0 Å². The molecule has 114 valence electrons. The van der Waals surface area contributed by atoms with E-state index in [1.54, 1.807) is 0 Å². The number of fused-ring (bicyclic) bond motifs is 1. The topological polar surface area (TPSA) is 41.1 Å². The highest BCUT2D eigenvalue weighted by molar-refractivity contribution is 5.78. The second-order valence-electron chi connectivity index (χ2n) is 6.75. The number of para-hydroxylation sites is 1. The Morgan fingerprint density at radius 1 is 1.24 bits per heavy atom. The van der Waals surface area contributed by atoms with Crippen molar-refractivity contribution in [2.24, 2.45) is 5.92 Å². The van der Waals surface area contributed by atoms with Gasteiger partial charge in [0.15, 0.2) is 0 Å². The summed E-state index contributed by atoms with van der Waals surface area (Å²) in [6, 6.07) is 8.73. The predicted octanol–water partition coefficient (Wildman–Crippen LogP) is 3.67. The zero-order valence-corrected chi connectivity index (χ0v) is 12.9. The van der Waals surface area contributed by atoms with E-state index < -0.39 is 0 Å². The second kappa shape index (κ2) is 6.50. The molecule has 1 amide bonds. The van der Waals surface area contributed by atoms with Crippen LogP contribution in [0.25, 0.3) is 0 Å². The van der Waals surface area contributed by atoms with Crippen molar-refractivity contribution < 1.29 is 4.79 Å². The third-order valence-electron chi connectivity index (χ3n) is 4.99. The number of hydrogen-bond acceptors (Lipinski definition) is 2. The zero-order chi connectivity index (χ0) is 14.7. The maximum atomic E-state index is 12.3. The Balaban J connectivity index is 1.53. The van der Waals surface area contributed by atoms with Crippen molar-refractivity contribution in [1.29, 1.82) is 0 Å². The van der Waals surface area contributed by atoms with E-state index in [-0.39, 0.29) is 5.91 Å². The molecule has 1 aromatic carbocycles. The van der Waals surface area contributed by atoms with Gasteiger partial charge in [-0.25, -0.2) is 0 Å². The van der Waals surface area contributed by atoms with Gasteiger partial charge >= 0.3 is 0 Å². The fraction of sp³-hybridized carbons (Fsp3) is 0.611. The number of anilines is 1. The molecular weight excluding hydrogens is 260 g/mol. The van der Waals surface area contributed by atoms with Gasteiger partial charge < -0.3 is 10.6 Å². The first kappa shape index (κ1) is 14.4. The Hall–Kier alpha value is -1.51. The standard InChI is InChI=1S/C18H26N2O/c1-13-5-4-6-15(10-9-13)20-18(21)11-14-12-19-17-8-3-2-7-16(14)17/h2-3,7-8,13-15,19H,4-6,9-12H2,1H3,(H,20,21). The Morgan fingerprint density at radius 3 is 3.00 bits per heavy atom. The highest BCUT2D eigenvalue weighted by Gasteiger charge is 2.25. The van der Waals surface area contributed by atoms with Crippen LogP contribution in [0, 0.1) is 5.92 Å². The first-order valence-corrected chi connectivity index (χ1v) is 8.34. The summed E-state index contributed by atoms with van der Waals surface area (Å²) in [7, 11) is 0. The number of benzene rings is 1. The van der Waals surface area contributed by atoms with Gasteiger partial charge in [-0.3, -0.25) is 4.79 Å². The van der Waals surface area contributed by atoms with E-state index in [2.05, 4.69) is 35.8 Å². The highest BCUT2D eigenvalue weighted by Crippen LogP contribution is 2.33. The fourth-order valence-electron chi connectivity index (χ4n) is 3.68. The van der Waals surface area contributed by atoms with Crippen molar-refractivity contribution in [2.75, 3.05) is 11.9 Å². The molecule has 3 atom stereocenters. The lowest BCUT2D eigenvalue weighted by Gasteiger charge is -2.18. The molecule has 2 aliphatic rings. The predicted molar refractivity (Wildman–Crippen MR) is 86.5 cm³/mol. The van der Waals surface area contributed by atoms with Gasteiger partial charge in [0, 0.05) is 30.6 Å². The van der Waals surface area contributed by atoms with Crippen LogP contribution in [-0.4, -0.2) is 18.5 Å². The number of rotatable bonds is 3. The third-order valence-corrected chi connectivity index (χ3v) is 4.99. The number of hydrogen-bond donors (Lipinski definition) is 2. The van der Waals surface area contributed by atoms with Crippen LogP contribution >= 0.6 is 0 Å². The molecule has 3 unspecified atom stereocenters. The molecule has 0 saturated heterocycles. The largest absolute Gasteiger partial charge is 0.384 e. The van der Waals surface area contributed by atoms with Crippen LogP contribution in [0.2, 0.25) is 0 Å². The minimum Gasteiger partial charge on any atom is -0.384 e. The van der Waals surface area contributed by atoms with E-state index in [4.69, 9.17) is 0 Å². The molecule has 2 N–H and O–H groups in total. The van der Waals surface area contributed by atoms with Gasteiger partial charge in [0.25, 0.3) is 0 Å². The molecule has 0 bridgehead atoms. The molecule has 3 nitrogen and oxygen atoms in total. The van der Waals surface area contributed by atoms with Crippen LogP contribution in [0.15, 0.2) is 24.3 Å². The molecule has 21 heavy (non-hydrogen) atoms. The lowest BCUT2D eigenvalue weighted by atomic mass is 9.97. The molecule has 1 saturated carbocycles. The molecule has 1 fully saturated rings. The molecule has 1 aliphatic carbocycles. The Labute approximate surface area is 127 Å². The van der Waals surface area contributed by atoms with Crippen LogP contribution < -0.4 is 10.6 Å². The monoisotopic (exact) mass is 286 g/mol. The van der Waals surface area contributed by atoms with Gasteiger partial charge in [-0.2, -0.15) is 0 Å². The quantitative estimate of drug-likeness (QED) is 0.832. The van der Waals surface area contributed by atoms with Gasteiger partial charge in [0.05, 0.1) is 0 Å². The summed E-state index contributed by atoms with van der Waals surface area (Å²) in [5.74, 6) is 1.36. The molecular formula is C18H26N2O. The number of nitrogens with one attached hydrogen (secondary N) is 2. The second-order valence-corrected chi connectivity index (χ2v) is 6.75. The van der Waals surface area contributed by atoms with Crippen molar-refractivity contribution in [3.63, 3.8) is 0 Å². The highest BCUT2D eigenvalue weighted by atomic mass is 16.1. The van der Waals surface area contributed by atoms with Crippen molar-refractivity contribution in [3.05, 3.63) is 29.8 Å². The van der Waals surface area contributed by atoms with E-state index in [1.165, 1.54) is 30.5 Å². The van der Waals surface area contributed by atoms with E-state index in [1.807, 2.05) is 6.07 Å². The van der Waals surface area contributed by atoms with Crippen LogP contribution in [0.5, 0.6) is 0 Å². The average Bonchev–Trinajstić information content (AvgIpc) is 2.76. The summed E-state index contributed by atoms with van der Waals surface area (Å²) in [4.78, 5) is 12.3. The first-order valence-electron chi connectivity index (χ1n) is 8.34. The maximum absolute atomic E-state index is 12.3. The van der Waals surface area contributed by atoms with E-state index in [0.717, 1.165) is 25.3 Å². The van der Waals surface area contributed by atoms with Crippen molar-refractivity contribution >= 4 is 11.6 Å². The SMILES string of the molecule is CC1CCCC(NC(=O)CC2CNc3ccccc32)CC1. The normalized spacial score (nSPS) is 28.3. The average molecular weight is 286 g/mol. The summed E-state index contributed by atoms with van der Waals surface area (Å²) >= 11 is 0. The molecule has 1 aliphatic heterocycles. The smallest absolute Gasteiger partial charge is 0.220 e. The summed E-state index contributed by atoms with van der Waals surface area (Å²) in [6.07, 6.45) is 6.71. The summed E-state index contributed by atoms with van der Waals surface area (Å²) in [5, 5.41) is 6.67. The van der Waals surface area contributed by atoms with Gasteiger partial charge in [-0.05, 0) is 36.8 Å². The van der Waals surface area contributed by atoms with Crippen LogP contribution in [0.4, 0.5) is 5.69 Å². The van der Waals surface area contributed by atoms with Crippen LogP contribution in [0.3, 0.4) is 0 Å². The van der Waals surface area contributed by atoms with Gasteiger partial charge in [0.1, 0.15) is 0 Å². The van der Waals surface area contributed by atoms with E-state index in [0.29, 0.717) is 18.4 Å². The molecule has 0 aromatic heterocycles. The van der Waals surface area contributed by atoms with Crippen molar-refractivity contribution in [2.45, 2.75) is 57.4 Å². The Kier molecular flexibility index (Phi) is 4.47. The molecule has 1 aromatic rings. The summed E-state index contributed by atoms with van der Waals surface area (Å²) < 4.78 is 0. The van der Waals surface area contributed by atoms with Crippen molar-refractivity contribution in [1.82, 2.24) is 5.32 Å². The minimum atomic E-state index is 0.220. The Morgan fingerprint density at radius 2 is 2.10 bits per heavy atom. The maximum Gasteiger partial charge on any atom is 0.220 e. The van der Waals surface area contributed by atoms with Crippen LogP contribution in [-0.2, 0) is 4.79 Å². The van der Waals surface area contributed by atoms with E-state index in [9.17, 15) is 4.79 Å². The van der Waals surface area contributed by atoms with Gasteiger partial charge in [-0.1, -0.05) is 38.0 Å². The molecule has 1 heterocycles. The Bertz CT molecular complexity index is 500. The van der Waals surface area contributed by atoms with Crippen LogP contribution in [0.1, 0.15) is 56.9 Å². The molecule has 0 spiro atoms. The number of carbonyl (C=O) groups is 1. The molecule has 0 radical (unpaired) electrons. The number of amides is 1. The zero-order valence-electron chi connectivity index (χ0n) is 12.9. The van der Waals surface area contributed by atoms with Crippen molar-refractivity contribution in [3.8, 4) is 0 Å². The lowest BCUT2D eigenvalue weighted by Crippen LogP contribution is -2.35. The van der Waals surface area contributed by atoms with Gasteiger partial charge in [0.2, 0.25) is 5.91 Å². The fourth-order valence-corrected chi connectivity index (χ4v) is 3.68. The summed E-state index contributed by atoms with van der Waals surface area (Å²) in [5.41, 5.74) is 2.49. The molecule has 3 rings (SSSR count). The van der Waals surface area contributed by atoms with E-state index >= 15 is 0 Å². The lowest BCUT2D eigenvalue weighted by molar-refractivity contribution is -0.122.